The fraction of sp³-hybridized carbons (Fsp3) is 0. The second kappa shape index (κ2) is 4.04. The van der Waals surface area contributed by atoms with Crippen LogP contribution in [0.3, 0.4) is 0 Å². The van der Waals surface area contributed by atoms with Crippen LogP contribution < -0.4 is 0 Å². The molecule has 0 aliphatic carbocycles. The van der Waals surface area contributed by atoms with Crippen molar-refractivity contribution in [3.8, 4) is 5.69 Å². The van der Waals surface area contributed by atoms with Gasteiger partial charge in [-0.05, 0) is 12.1 Å². The molecule has 3 nitrogen and oxygen atoms in total. The molecule has 0 bridgehead atoms. The highest BCUT2D eigenvalue weighted by Crippen LogP contribution is 2.24. The third-order valence-corrected chi connectivity index (χ3v) is 2.58. The Hall–Kier alpha value is -1.32. The Kier molecular flexibility index (Phi) is 2.75. The Morgan fingerprint density at radius 1 is 1.20 bits per heavy atom. The van der Waals surface area contributed by atoms with E-state index in [1.807, 2.05) is 30.3 Å². The van der Waals surface area contributed by atoms with E-state index in [0.717, 1.165) is 5.69 Å². The largest absolute Gasteiger partial charge is 0.298 e. The number of halogens is 2. The van der Waals surface area contributed by atoms with Crippen LogP contribution in [0.2, 0.25) is 10.3 Å². The smallest absolute Gasteiger partial charge is 0.163 e. The van der Waals surface area contributed by atoms with Crippen molar-refractivity contribution in [3.05, 3.63) is 46.2 Å². The van der Waals surface area contributed by atoms with Gasteiger partial charge in [-0.2, -0.15) is 5.10 Å². The van der Waals surface area contributed by atoms with Gasteiger partial charge in [0.2, 0.25) is 0 Å². The second-order valence-electron chi connectivity index (χ2n) is 2.86. The molecule has 0 N–H and O–H groups in total. The predicted octanol–water partition coefficient (Wildman–Crippen LogP) is 2.99. The third kappa shape index (κ3) is 1.76. The summed E-state index contributed by atoms with van der Waals surface area (Å²) in [5, 5.41) is 4.30. The van der Waals surface area contributed by atoms with Crippen LogP contribution in [0, 0.1) is 0 Å². The molecule has 0 fully saturated rings. The molecule has 1 aromatic heterocycles. The first-order valence-electron chi connectivity index (χ1n) is 4.18. The number of nitrogens with zero attached hydrogens (tertiary/aromatic N) is 2. The number of para-hydroxylation sites is 1. The fourth-order valence-electron chi connectivity index (χ4n) is 1.22. The van der Waals surface area contributed by atoms with Gasteiger partial charge < -0.3 is 0 Å². The number of rotatable bonds is 2. The van der Waals surface area contributed by atoms with Crippen LogP contribution in [0.4, 0.5) is 0 Å². The maximum atomic E-state index is 10.7. The zero-order chi connectivity index (χ0) is 10.8. The van der Waals surface area contributed by atoms with Crippen LogP contribution in [0.25, 0.3) is 5.69 Å². The van der Waals surface area contributed by atoms with Gasteiger partial charge in [0, 0.05) is 0 Å². The lowest BCUT2D eigenvalue weighted by atomic mass is 10.3. The zero-order valence-corrected chi connectivity index (χ0v) is 9.03. The molecule has 1 aromatic carbocycles. The molecule has 76 valence electrons. The van der Waals surface area contributed by atoms with Gasteiger partial charge in [0.1, 0.15) is 5.15 Å². The van der Waals surface area contributed by atoms with E-state index in [-0.39, 0.29) is 15.9 Å². The quantitative estimate of drug-likeness (QED) is 0.757. The second-order valence-corrected chi connectivity index (χ2v) is 3.58. The molecule has 0 radical (unpaired) electrons. The highest BCUT2D eigenvalue weighted by molar-refractivity contribution is 6.37. The van der Waals surface area contributed by atoms with E-state index in [0.29, 0.717) is 6.29 Å². The number of carbonyl (C=O) groups excluding carboxylic acids is 1. The first-order valence-corrected chi connectivity index (χ1v) is 4.94. The summed E-state index contributed by atoms with van der Waals surface area (Å²) in [7, 11) is 0. The third-order valence-electron chi connectivity index (χ3n) is 1.94. The van der Waals surface area contributed by atoms with Crippen molar-refractivity contribution >= 4 is 29.5 Å². The molecule has 0 spiro atoms. The van der Waals surface area contributed by atoms with E-state index in [2.05, 4.69) is 5.10 Å². The molecule has 15 heavy (non-hydrogen) atoms. The average molecular weight is 241 g/mol. The Morgan fingerprint density at radius 2 is 1.87 bits per heavy atom. The van der Waals surface area contributed by atoms with Crippen molar-refractivity contribution < 1.29 is 4.79 Å². The van der Waals surface area contributed by atoms with Crippen molar-refractivity contribution in [2.75, 3.05) is 0 Å². The number of hydrogen-bond donors (Lipinski definition) is 0. The van der Waals surface area contributed by atoms with Gasteiger partial charge in [0.05, 0.1) is 11.3 Å². The number of carbonyl (C=O) groups is 1. The molecule has 2 rings (SSSR count). The lowest BCUT2D eigenvalue weighted by Crippen LogP contribution is -1.95. The lowest BCUT2D eigenvalue weighted by Gasteiger charge is -2.01. The van der Waals surface area contributed by atoms with E-state index in [9.17, 15) is 4.79 Å². The Balaban J connectivity index is 2.60. The van der Waals surface area contributed by atoms with Crippen molar-refractivity contribution in [1.82, 2.24) is 9.78 Å². The minimum atomic E-state index is 0.110. The molecular weight excluding hydrogens is 235 g/mol. The molecule has 5 heteroatoms. The van der Waals surface area contributed by atoms with Gasteiger partial charge in [-0.25, -0.2) is 4.68 Å². The molecule has 0 unspecified atom stereocenters. The summed E-state index contributed by atoms with van der Waals surface area (Å²) in [5.41, 5.74) is 0.972. The van der Waals surface area contributed by atoms with Gasteiger partial charge in [-0.3, -0.25) is 4.79 Å². The van der Waals surface area contributed by atoms with Gasteiger partial charge >= 0.3 is 0 Å². The maximum Gasteiger partial charge on any atom is 0.163 e. The normalized spacial score (nSPS) is 10.3. The highest BCUT2D eigenvalue weighted by atomic mass is 35.5. The summed E-state index contributed by atoms with van der Waals surface area (Å²) >= 11 is 11.7. The predicted molar refractivity (Wildman–Crippen MR) is 59.0 cm³/mol. The molecule has 0 atom stereocenters. The molecule has 0 aliphatic heterocycles. The fourth-order valence-corrected chi connectivity index (χ4v) is 1.75. The van der Waals surface area contributed by atoms with Crippen LogP contribution in [-0.2, 0) is 0 Å². The molecule has 1 heterocycles. The van der Waals surface area contributed by atoms with Gasteiger partial charge in [-0.1, -0.05) is 41.4 Å². The van der Waals surface area contributed by atoms with E-state index in [4.69, 9.17) is 23.2 Å². The van der Waals surface area contributed by atoms with E-state index in [1.165, 1.54) is 4.68 Å². The first-order chi connectivity index (χ1) is 7.24. The van der Waals surface area contributed by atoms with Gasteiger partial charge in [-0.15, -0.1) is 0 Å². The van der Waals surface area contributed by atoms with Crippen LogP contribution in [0.5, 0.6) is 0 Å². The summed E-state index contributed by atoms with van der Waals surface area (Å²) in [6.07, 6.45) is 0.594. The Bertz CT molecular complexity index is 494. The van der Waals surface area contributed by atoms with Crippen LogP contribution >= 0.6 is 23.2 Å². The lowest BCUT2D eigenvalue weighted by molar-refractivity contribution is 0.112. The molecule has 0 saturated carbocycles. The van der Waals surface area contributed by atoms with Crippen molar-refractivity contribution in [2.45, 2.75) is 0 Å². The zero-order valence-electron chi connectivity index (χ0n) is 7.52. The van der Waals surface area contributed by atoms with Crippen LogP contribution in [-0.4, -0.2) is 16.1 Å². The van der Waals surface area contributed by atoms with Gasteiger partial charge in [0.25, 0.3) is 0 Å². The highest BCUT2D eigenvalue weighted by Gasteiger charge is 2.14. The van der Waals surface area contributed by atoms with Crippen molar-refractivity contribution in [3.63, 3.8) is 0 Å². The minimum Gasteiger partial charge on any atom is -0.298 e. The van der Waals surface area contributed by atoms with Crippen molar-refractivity contribution in [2.24, 2.45) is 0 Å². The van der Waals surface area contributed by atoms with Gasteiger partial charge in [0.15, 0.2) is 11.4 Å². The average Bonchev–Trinajstić information content (AvgIpc) is 2.55. The SMILES string of the molecule is O=Cc1c(Cl)nn(-c2ccccc2)c1Cl. The summed E-state index contributed by atoms with van der Waals surface area (Å²) < 4.78 is 1.42. The minimum absolute atomic E-state index is 0.110. The van der Waals surface area contributed by atoms with Crippen LogP contribution in [0.15, 0.2) is 30.3 Å². The number of aldehydes is 1. The summed E-state index contributed by atoms with van der Waals surface area (Å²) in [4.78, 5) is 10.7. The number of benzene rings is 1. The van der Waals surface area contributed by atoms with Crippen molar-refractivity contribution in [1.29, 1.82) is 0 Å². The molecule has 2 aromatic rings. The monoisotopic (exact) mass is 240 g/mol. The van der Waals surface area contributed by atoms with Crippen LogP contribution in [0.1, 0.15) is 10.4 Å². The van der Waals surface area contributed by atoms with E-state index in [1.54, 1.807) is 0 Å². The summed E-state index contributed by atoms with van der Waals surface area (Å²) in [5.74, 6) is 0. The Labute approximate surface area is 96.2 Å². The maximum absolute atomic E-state index is 10.7. The van der Waals surface area contributed by atoms with E-state index >= 15 is 0 Å². The molecular formula is C10H6Cl2N2O. The number of aromatic nitrogens is 2. The summed E-state index contributed by atoms with van der Waals surface area (Å²) in [6, 6.07) is 9.22. The topological polar surface area (TPSA) is 34.9 Å². The molecule has 0 saturated heterocycles. The molecule has 0 amide bonds. The standard InChI is InChI=1S/C10H6Cl2N2O/c11-9-8(6-15)10(12)14(13-9)7-4-2-1-3-5-7/h1-6H. The number of hydrogen-bond acceptors (Lipinski definition) is 2. The Morgan fingerprint density at radius 3 is 2.40 bits per heavy atom. The molecule has 0 aliphatic rings. The van der Waals surface area contributed by atoms with E-state index < -0.39 is 0 Å². The summed E-state index contributed by atoms with van der Waals surface area (Å²) in [6.45, 7) is 0. The first kappa shape index (κ1) is 10.2.